The van der Waals surface area contributed by atoms with Crippen molar-refractivity contribution in [1.82, 2.24) is 14.9 Å². The van der Waals surface area contributed by atoms with Gasteiger partial charge in [0, 0.05) is 25.1 Å². The first kappa shape index (κ1) is 11.9. The van der Waals surface area contributed by atoms with Crippen LogP contribution in [0, 0.1) is 6.92 Å². The summed E-state index contributed by atoms with van der Waals surface area (Å²) in [6.45, 7) is 7.01. The summed E-state index contributed by atoms with van der Waals surface area (Å²) in [4.78, 5) is 4.41. The molecule has 90 valence electrons. The van der Waals surface area contributed by atoms with Gasteiger partial charge in [0.05, 0.1) is 12.2 Å². The number of hydrogen-bond acceptors (Lipinski definition) is 2. The molecule has 0 amide bonds. The lowest BCUT2D eigenvalue weighted by Gasteiger charge is -2.05. The van der Waals surface area contributed by atoms with Gasteiger partial charge in [-0.3, -0.25) is 4.98 Å². The number of nitrogens with one attached hydrogen (secondary N) is 1. The van der Waals surface area contributed by atoms with Crippen LogP contribution in [0.4, 0.5) is 0 Å². The molecule has 17 heavy (non-hydrogen) atoms. The quantitative estimate of drug-likeness (QED) is 0.853. The summed E-state index contributed by atoms with van der Waals surface area (Å²) in [6, 6.07) is 6.23. The van der Waals surface area contributed by atoms with Gasteiger partial charge in [0.2, 0.25) is 0 Å². The maximum atomic E-state index is 4.41. The number of nitrogens with zero attached hydrogens (tertiary/aromatic N) is 2. The number of rotatable bonds is 5. The zero-order chi connectivity index (χ0) is 12.1. The van der Waals surface area contributed by atoms with Crippen LogP contribution in [0.25, 0.3) is 0 Å². The van der Waals surface area contributed by atoms with Gasteiger partial charge >= 0.3 is 0 Å². The molecule has 0 atom stereocenters. The third kappa shape index (κ3) is 3.17. The minimum absolute atomic E-state index is 0.846. The Morgan fingerprint density at radius 2 is 2.24 bits per heavy atom. The molecule has 0 saturated carbocycles. The Balaban J connectivity index is 2.04. The third-order valence-electron chi connectivity index (χ3n) is 2.84. The first-order chi connectivity index (χ1) is 8.29. The molecule has 2 heterocycles. The molecule has 0 aliphatic heterocycles. The van der Waals surface area contributed by atoms with Crippen LogP contribution in [0.15, 0.2) is 36.8 Å². The van der Waals surface area contributed by atoms with E-state index in [-0.39, 0.29) is 0 Å². The molecule has 3 heteroatoms. The van der Waals surface area contributed by atoms with E-state index in [0.717, 1.165) is 25.3 Å². The van der Waals surface area contributed by atoms with E-state index in [1.165, 1.54) is 11.1 Å². The summed E-state index contributed by atoms with van der Waals surface area (Å²) >= 11 is 0. The van der Waals surface area contributed by atoms with Crippen LogP contribution < -0.4 is 5.32 Å². The van der Waals surface area contributed by atoms with Crippen LogP contribution in [0.3, 0.4) is 0 Å². The third-order valence-corrected chi connectivity index (χ3v) is 2.84. The Morgan fingerprint density at radius 1 is 1.35 bits per heavy atom. The molecule has 0 aromatic carbocycles. The first-order valence-corrected chi connectivity index (χ1v) is 6.05. The fourth-order valence-corrected chi connectivity index (χ4v) is 1.82. The van der Waals surface area contributed by atoms with E-state index >= 15 is 0 Å². The molecule has 0 aliphatic rings. The highest BCUT2D eigenvalue weighted by molar-refractivity contribution is 5.19. The highest BCUT2D eigenvalue weighted by atomic mass is 15.0. The van der Waals surface area contributed by atoms with Crippen LogP contribution in [0.1, 0.15) is 23.7 Å². The molecule has 0 radical (unpaired) electrons. The van der Waals surface area contributed by atoms with Crippen molar-refractivity contribution in [3.05, 3.63) is 53.6 Å². The SMILES string of the molecule is CCNCc1ccn(Cc2ncccc2C)c1. The summed E-state index contributed by atoms with van der Waals surface area (Å²) < 4.78 is 2.18. The van der Waals surface area contributed by atoms with E-state index in [0.29, 0.717) is 0 Å². The molecule has 2 aromatic rings. The predicted molar refractivity (Wildman–Crippen MR) is 69.9 cm³/mol. The molecule has 0 fully saturated rings. The van der Waals surface area contributed by atoms with Crippen LogP contribution in [-0.2, 0) is 13.1 Å². The van der Waals surface area contributed by atoms with Crippen molar-refractivity contribution in [1.29, 1.82) is 0 Å². The van der Waals surface area contributed by atoms with Crippen molar-refractivity contribution in [3.8, 4) is 0 Å². The molecule has 1 N–H and O–H groups in total. The van der Waals surface area contributed by atoms with Gasteiger partial charge in [0.1, 0.15) is 0 Å². The van der Waals surface area contributed by atoms with E-state index in [4.69, 9.17) is 0 Å². The molecular formula is C14H19N3. The lowest BCUT2D eigenvalue weighted by molar-refractivity contribution is 0.718. The molecule has 0 bridgehead atoms. The molecule has 0 unspecified atom stereocenters. The minimum atomic E-state index is 0.846. The van der Waals surface area contributed by atoms with E-state index in [1.54, 1.807) is 0 Å². The van der Waals surface area contributed by atoms with Crippen molar-refractivity contribution < 1.29 is 0 Å². The maximum Gasteiger partial charge on any atom is 0.0645 e. The second-order valence-electron chi connectivity index (χ2n) is 4.24. The van der Waals surface area contributed by atoms with Crippen molar-refractivity contribution in [2.45, 2.75) is 26.9 Å². The minimum Gasteiger partial charge on any atom is -0.348 e. The largest absolute Gasteiger partial charge is 0.348 e. The molecule has 2 rings (SSSR count). The maximum absolute atomic E-state index is 4.41. The number of aromatic nitrogens is 2. The van der Waals surface area contributed by atoms with Crippen LogP contribution in [0.5, 0.6) is 0 Å². The zero-order valence-electron chi connectivity index (χ0n) is 10.5. The Kier molecular flexibility index (Phi) is 3.94. The zero-order valence-corrected chi connectivity index (χ0v) is 10.5. The average Bonchev–Trinajstić information content (AvgIpc) is 2.77. The van der Waals surface area contributed by atoms with Crippen molar-refractivity contribution >= 4 is 0 Å². The Hall–Kier alpha value is -1.61. The predicted octanol–water partition coefficient (Wildman–Crippen LogP) is 2.35. The number of hydrogen-bond donors (Lipinski definition) is 1. The summed E-state index contributed by atoms with van der Waals surface area (Å²) in [7, 11) is 0. The van der Waals surface area contributed by atoms with Crippen LogP contribution in [-0.4, -0.2) is 16.1 Å². The van der Waals surface area contributed by atoms with E-state index in [1.807, 2.05) is 12.3 Å². The molecule has 3 nitrogen and oxygen atoms in total. The van der Waals surface area contributed by atoms with Gasteiger partial charge in [-0.25, -0.2) is 0 Å². The number of aryl methyl sites for hydroxylation is 1. The monoisotopic (exact) mass is 229 g/mol. The van der Waals surface area contributed by atoms with Crippen LogP contribution in [0.2, 0.25) is 0 Å². The van der Waals surface area contributed by atoms with Crippen molar-refractivity contribution in [2.75, 3.05) is 6.54 Å². The van der Waals surface area contributed by atoms with Crippen LogP contribution >= 0.6 is 0 Å². The average molecular weight is 229 g/mol. The normalized spacial score (nSPS) is 10.7. The second-order valence-corrected chi connectivity index (χ2v) is 4.24. The summed E-state index contributed by atoms with van der Waals surface area (Å²) in [5, 5.41) is 3.32. The first-order valence-electron chi connectivity index (χ1n) is 6.05. The summed E-state index contributed by atoms with van der Waals surface area (Å²) in [5.41, 5.74) is 3.70. The smallest absolute Gasteiger partial charge is 0.0645 e. The molecule has 0 aliphatic carbocycles. The fourth-order valence-electron chi connectivity index (χ4n) is 1.82. The molecular weight excluding hydrogens is 210 g/mol. The summed E-state index contributed by atoms with van der Waals surface area (Å²) in [5.74, 6) is 0. The van der Waals surface area contributed by atoms with Gasteiger partial charge in [0.25, 0.3) is 0 Å². The van der Waals surface area contributed by atoms with Gasteiger partial charge in [-0.2, -0.15) is 0 Å². The van der Waals surface area contributed by atoms with Gasteiger partial charge in [0.15, 0.2) is 0 Å². The lowest BCUT2D eigenvalue weighted by atomic mass is 10.2. The van der Waals surface area contributed by atoms with Gasteiger partial charge in [-0.05, 0) is 36.7 Å². The lowest BCUT2D eigenvalue weighted by Crippen LogP contribution is -2.11. The summed E-state index contributed by atoms with van der Waals surface area (Å²) in [6.07, 6.45) is 6.14. The van der Waals surface area contributed by atoms with E-state index in [2.05, 4.69) is 53.2 Å². The van der Waals surface area contributed by atoms with Gasteiger partial charge < -0.3 is 9.88 Å². The van der Waals surface area contributed by atoms with E-state index in [9.17, 15) is 0 Å². The Bertz CT molecular complexity index is 474. The number of pyridine rings is 1. The topological polar surface area (TPSA) is 29.9 Å². The Morgan fingerprint density at radius 3 is 3.00 bits per heavy atom. The fraction of sp³-hybridized carbons (Fsp3) is 0.357. The molecule has 2 aromatic heterocycles. The highest BCUT2D eigenvalue weighted by Crippen LogP contribution is 2.08. The standard InChI is InChI=1S/C14H19N3/c1-3-15-9-13-6-8-17(10-13)11-14-12(2)5-4-7-16-14/h4-8,10,15H,3,9,11H2,1-2H3. The Labute approximate surface area is 103 Å². The van der Waals surface area contributed by atoms with E-state index < -0.39 is 0 Å². The van der Waals surface area contributed by atoms with Gasteiger partial charge in [-0.15, -0.1) is 0 Å². The van der Waals surface area contributed by atoms with Gasteiger partial charge in [-0.1, -0.05) is 13.0 Å². The molecule has 0 spiro atoms. The highest BCUT2D eigenvalue weighted by Gasteiger charge is 2.01. The van der Waals surface area contributed by atoms with Crippen molar-refractivity contribution in [2.24, 2.45) is 0 Å². The van der Waals surface area contributed by atoms with Crippen molar-refractivity contribution in [3.63, 3.8) is 0 Å². The molecule has 0 saturated heterocycles. The second kappa shape index (κ2) is 5.64.